The van der Waals surface area contributed by atoms with Crippen molar-refractivity contribution in [2.75, 3.05) is 0 Å². The second kappa shape index (κ2) is 7.75. The third-order valence-electron chi connectivity index (χ3n) is 2.83. The highest BCUT2D eigenvalue weighted by Crippen LogP contribution is 2.15. The molecule has 0 aliphatic carbocycles. The van der Waals surface area contributed by atoms with Crippen molar-refractivity contribution in [2.24, 2.45) is 0 Å². The Bertz CT molecular complexity index is 883. The third kappa shape index (κ3) is 3.87. The number of carbonyl (C=O) groups is 1. The lowest BCUT2D eigenvalue weighted by atomic mass is 10.1. The predicted molar refractivity (Wildman–Crippen MR) is 73.8 cm³/mol. The van der Waals surface area contributed by atoms with Gasteiger partial charge in [0.15, 0.2) is 23.3 Å². The lowest BCUT2D eigenvalue weighted by molar-refractivity contribution is 0.0690. The topological polar surface area (TPSA) is 84.9 Å². The third-order valence-corrected chi connectivity index (χ3v) is 2.83. The Kier molecular flexibility index (Phi) is 6.02. The highest BCUT2D eigenvalue weighted by molar-refractivity contribution is 5.88. The van der Waals surface area contributed by atoms with Crippen molar-refractivity contribution in [2.45, 2.75) is 6.92 Å². The number of carboxylic acid groups (broad SMARTS) is 1. The molecule has 2 rings (SSSR count). The van der Waals surface area contributed by atoms with Crippen molar-refractivity contribution in [3.8, 4) is 12.1 Å². The van der Waals surface area contributed by atoms with Crippen molar-refractivity contribution < 1.29 is 27.5 Å². The fourth-order valence-electron chi connectivity index (χ4n) is 1.53. The van der Waals surface area contributed by atoms with Gasteiger partial charge in [0.25, 0.3) is 0 Å². The molecule has 2 aromatic rings. The molecule has 1 N–H and O–H groups in total. The van der Waals surface area contributed by atoms with Gasteiger partial charge in [-0.25, -0.2) is 22.4 Å². The maximum atomic E-state index is 12.8. The van der Waals surface area contributed by atoms with E-state index in [9.17, 15) is 22.4 Å². The van der Waals surface area contributed by atoms with Crippen molar-refractivity contribution in [1.82, 2.24) is 0 Å². The van der Waals surface area contributed by atoms with Gasteiger partial charge in [-0.05, 0) is 30.7 Å². The van der Waals surface area contributed by atoms with Crippen LogP contribution in [-0.4, -0.2) is 11.1 Å². The zero-order valence-electron chi connectivity index (χ0n) is 12.1. The monoisotopic (exact) mass is 336 g/mol. The largest absolute Gasteiger partial charge is 0.478 e. The number of nitrogens with zero attached hydrogens (tertiary/aromatic N) is 2. The van der Waals surface area contributed by atoms with Crippen LogP contribution < -0.4 is 0 Å². The highest BCUT2D eigenvalue weighted by atomic mass is 19.2. The first kappa shape index (κ1) is 18.7. The van der Waals surface area contributed by atoms with Crippen LogP contribution in [0.3, 0.4) is 0 Å². The summed E-state index contributed by atoms with van der Waals surface area (Å²) in [5.74, 6) is -6.51. The van der Waals surface area contributed by atoms with Crippen LogP contribution in [0.25, 0.3) is 0 Å². The average molecular weight is 336 g/mol. The van der Waals surface area contributed by atoms with Gasteiger partial charge in [0, 0.05) is 0 Å². The number of aryl methyl sites for hydroxylation is 1. The Morgan fingerprint density at radius 3 is 1.79 bits per heavy atom. The Labute approximate surface area is 133 Å². The molecule has 0 radical (unpaired) electrons. The Hall–Kier alpha value is -3.39. The molecule has 0 saturated carbocycles. The van der Waals surface area contributed by atoms with Gasteiger partial charge < -0.3 is 5.11 Å². The van der Waals surface area contributed by atoms with E-state index in [2.05, 4.69) is 0 Å². The summed E-state index contributed by atoms with van der Waals surface area (Å²) < 4.78 is 50.9. The molecule has 2 aromatic carbocycles. The van der Waals surface area contributed by atoms with Gasteiger partial charge >= 0.3 is 5.97 Å². The van der Waals surface area contributed by atoms with Gasteiger partial charge in [-0.15, -0.1) is 0 Å². The molecule has 0 unspecified atom stereocenters. The van der Waals surface area contributed by atoms with Crippen LogP contribution in [0.2, 0.25) is 0 Å². The van der Waals surface area contributed by atoms with Crippen LogP contribution in [-0.2, 0) is 0 Å². The number of rotatable bonds is 1. The summed E-state index contributed by atoms with van der Waals surface area (Å²) >= 11 is 0. The molecule has 0 aliphatic heterocycles. The summed E-state index contributed by atoms with van der Waals surface area (Å²) in [5.41, 5.74) is -1.34. The summed E-state index contributed by atoms with van der Waals surface area (Å²) in [6, 6.07) is 7.34. The van der Waals surface area contributed by atoms with Crippen LogP contribution in [0.1, 0.15) is 27.0 Å². The van der Waals surface area contributed by atoms with Gasteiger partial charge in [-0.3, -0.25) is 0 Å². The second-order valence-corrected chi connectivity index (χ2v) is 4.38. The maximum absolute atomic E-state index is 12.8. The SMILES string of the molecule is Cc1ccc(C#N)c(F)c1F.N#Cc1ccc(C(=O)O)c(F)c1F. The van der Waals surface area contributed by atoms with E-state index in [4.69, 9.17) is 15.6 Å². The van der Waals surface area contributed by atoms with Crippen LogP contribution in [0.15, 0.2) is 24.3 Å². The zero-order chi connectivity index (χ0) is 18.4. The van der Waals surface area contributed by atoms with E-state index >= 15 is 0 Å². The number of benzene rings is 2. The molecule has 0 aromatic heterocycles. The van der Waals surface area contributed by atoms with Gasteiger partial charge in [0.2, 0.25) is 0 Å². The summed E-state index contributed by atoms with van der Waals surface area (Å²) in [7, 11) is 0. The molecule has 0 aliphatic rings. The number of hydrogen-bond acceptors (Lipinski definition) is 3. The minimum atomic E-state index is -1.57. The molecule has 0 heterocycles. The molecule has 0 atom stereocenters. The lowest BCUT2D eigenvalue weighted by Gasteiger charge is -1.98. The smallest absolute Gasteiger partial charge is 0.338 e. The molecule has 0 saturated heterocycles. The molecule has 122 valence electrons. The van der Waals surface area contributed by atoms with Crippen LogP contribution in [0, 0.1) is 52.9 Å². The minimum Gasteiger partial charge on any atom is -0.478 e. The van der Waals surface area contributed by atoms with Crippen LogP contribution in [0.5, 0.6) is 0 Å². The van der Waals surface area contributed by atoms with E-state index in [1.807, 2.05) is 0 Å². The van der Waals surface area contributed by atoms with Crippen molar-refractivity contribution in [3.63, 3.8) is 0 Å². The lowest BCUT2D eigenvalue weighted by Crippen LogP contribution is -2.03. The quantitative estimate of drug-likeness (QED) is 0.805. The molecular formula is C16H8F4N2O2. The summed E-state index contributed by atoms with van der Waals surface area (Å²) in [4.78, 5) is 10.3. The summed E-state index contributed by atoms with van der Waals surface area (Å²) in [6.45, 7) is 1.44. The second-order valence-electron chi connectivity index (χ2n) is 4.38. The molecular weight excluding hydrogens is 328 g/mol. The van der Waals surface area contributed by atoms with Crippen molar-refractivity contribution in [3.05, 3.63) is 69.8 Å². The Morgan fingerprint density at radius 2 is 1.33 bits per heavy atom. The van der Waals surface area contributed by atoms with E-state index in [1.165, 1.54) is 25.1 Å². The van der Waals surface area contributed by atoms with Crippen molar-refractivity contribution in [1.29, 1.82) is 10.5 Å². The first-order valence-electron chi connectivity index (χ1n) is 6.20. The van der Waals surface area contributed by atoms with Gasteiger partial charge in [0.1, 0.15) is 12.1 Å². The van der Waals surface area contributed by atoms with Crippen LogP contribution >= 0.6 is 0 Å². The molecule has 8 heteroatoms. The Balaban J connectivity index is 0.000000243. The number of aromatic carboxylic acids is 1. The first-order valence-corrected chi connectivity index (χ1v) is 6.20. The first-order chi connectivity index (χ1) is 11.2. The summed E-state index contributed by atoms with van der Waals surface area (Å²) in [6.07, 6.45) is 0. The molecule has 0 bridgehead atoms. The predicted octanol–water partition coefficient (Wildman–Crippen LogP) is 3.68. The highest BCUT2D eigenvalue weighted by Gasteiger charge is 2.17. The van der Waals surface area contributed by atoms with E-state index in [0.29, 0.717) is 0 Å². The van der Waals surface area contributed by atoms with Gasteiger partial charge in [-0.1, -0.05) is 6.07 Å². The van der Waals surface area contributed by atoms with Crippen LogP contribution in [0.4, 0.5) is 17.6 Å². The molecule has 0 spiro atoms. The van der Waals surface area contributed by atoms with E-state index in [-0.39, 0.29) is 11.1 Å². The normalized spacial score (nSPS) is 9.29. The minimum absolute atomic E-state index is 0.210. The van der Waals surface area contributed by atoms with E-state index in [0.717, 1.165) is 12.1 Å². The Morgan fingerprint density at radius 1 is 0.875 bits per heavy atom. The molecule has 0 amide bonds. The fraction of sp³-hybridized carbons (Fsp3) is 0.0625. The number of nitriles is 2. The van der Waals surface area contributed by atoms with Gasteiger partial charge in [-0.2, -0.15) is 10.5 Å². The fourth-order valence-corrected chi connectivity index (χ4v) is 1.53. The number of halogens is 4. The standard InChI is InChI=1S/C8H3F2NO2.C8H5F2N/c9-6-4(3-11)1-2-5(7(6)10)8(12)13;1-5-2-3-6(4-11)8(10)7(5)9/h1-2H,(H,12,13);2-3H,1H3. The van der Waals surface area contributed by atoms with Gasteiger partial charge in [0.05, 0.1) is 16.7 Å². The van der Waals surface area contributed by atoms with E-state index < -0.39 is 40.4 Å². The molecule has 4 nitrogen and oxygen atoms in total. The molecule has 0 fully saturated rings. The maximum Gasteiger partial charge on any atom is 0.338 e. The average Bonchev–Trinajstić information content (AvgIpc) is 2.55. The number of carboxylic acids is 1. The number of hydrogen-bond donors (Lipinski definition) is 1. The van der Waals surface area contributed by atoms with E-state index in [1.54, 1.807) is 6.07 Å². The summed E-state index contributed by atoms with van der Waals surface area (Å²) in [5, 5.41) is 24.9. The van der Waals surface area contributed by atoms with Crippen molar-refractivity contribution >= 4 is 5.97 Å². The zero-order valence-corrected chi connectivity index (χ0v) is 12.1. The molecule has 24 heavy (non-hydrogen) atoms.